The summed E-state index contributed by atoms with van der Waals surface area (Å²) in [7, 11) is 1.95. The molecule has 3 rings (SSSR count). The van der Waals surface area contributed by atoms with Gasteiger partial charge >= 0.3 is 0 Å². The summed E-state index contributed by atoms with van der Waals surface area (Å²) in [6.07, 6.45) is 8.42. The van der Waals surface area contributed by atoms with Crippen molar-refractivity contribution >= 4 is 0 Å². The number of allylic oxidation sites excluding steroid dienone is 2. The molecule has 0 atom stereocenters. The summed E-state index contributed by atoms with van der Waals surface area (Å²) >= 11 is 0. The molecule has 2 aromatic rings. The van der Waals surface area contributed by atoms with Crippen LogP contribution in [-0.2, 0) is 0 Å². The van der Waals surface area contributed by atoms with Crippen molar-refractivity contribution in [2.75, 3.05) is 26.7 Å². The lowest BCUT2D eigenvalue weighted by atomic mass is 9.90. The largest absolute Gasteiger partial charge is 0.392 e. The van der Waals surface area contributed by atoms with Gasteiger partial charge in [0, 0.05) is 30.9 Å². The van der Waals surface area contributed by atoms with Gasteiger partial charge in [0.2, 0.25) is 0 Å². The van der Waals surface area contributed by atoms with Crippen molar-refractivity contribution in [3.63, 3.8) is 0 Å². The Morgan fingerprint density at radius 1 is 0.875 bits per heavy atom. The molecule has 1 heterocycles. The van der Waals surface area contributed by atoms with Crippen LogP contribution in [-0.4, -0.2) is 31.6 Å². The van der Waals surface area contributed by atoms with Gasteiger partial charge in [0.05, 0.1) is 6.04 Å². The van der Waals surface area contributed by atoms with Crippen LogP contribution in [0.25, 0.3) is 0 Å². The van der Waals surface area contributed by atoms with Crippen LogP contribution in [0.15, 0.2) is 85.2 Å². The molecule has 0 aliphatic carbocycles. The number of likely N-dealkylation sites (tertiary alicyclic amines) is 1. The van der Waals surface area contributed by atoms with Crippen molar-refractivity contribution in [1.82, 2.24) is 15.5 Å². The fourth-order valence-electron chi connectivity index (χ4n) is 4.73. The van der Waals surface area contributed by atoms with Crippen LogP contribution in [0.1, 0.15) is 62.1 Å². The van der Waals surface area contributed by atoms with E-state index in [1.54, 1.807) is 0 Å². The second-order valence-corrected chi connectivity index (χ2v) is 9.00. The zero-order valence-corrected chi connectivity index (χ0v) is 19.9. The molecule has 1 fully saturated rings. The molecule has 0 bridgehead atoms. The van der Waals surface area contributed by atoms with Crippen molar-refractivity contribution in [2.24, 2.45) is 5.92 Å². The molecule has 1 aliphatic rings. The van der Waals surface area contributed by atoms with Crippen molar-refractivity contribution in [3.8, 4) is 0 Å². The Bertz CT molecular complexity index is 767. The highest BCUT2D eigenvalue weighted by Gasteiger charge is 2.28. The molecule has 1 aliphatic heterocycles. The molecular weight excluding hydrogens is 390 g/mol. The molecule has 0 aromatic heterocycles. The van der Waals surface area contributed by atoms with Gasteiger partial charge in [-0.3, -0.25) is 4.90 Å². The molecule has 0 amide bonds. The van der Waals surface area contributed by atoms with Crippen LogP contribution < -0.4 is 10.6 Å². The quantitative estimate of drug-likeness (QED) is 0.366. The first kappa shape index (κ1) is 24.1. The summed E-state index contributed by atoms with van der Waals surface area (Å²) < 4.78 is 0. The van der Waals surface area contributed by atoms with Gasteiger partial charge in [0.25, 0.3) is 0 Å². The maximum Gasteiger partial charge on any atom is 0.0601 e. The van der Waals surface area contributed by atoms with E-state index in [9.17, 15) is 0 Å². The number of rotatable bonds is 13. The predicted octanol–water partition coefficient (Wildman–Crippen LogP) is 6.27. The molecule has 0 radical (unpaired) electrons. The van der Waals surface area contributed by atoms with E-state index in [-0.39, 0.29) is 0 Å². The third-order valence-corrected chi connectivity index (χ3v) is 6.73. The average molecular weight is 432 g/mol. The minimum Gasteiger partial charge on any atom is -0.392 e. The number of hydrogen-bond acceptors (Lipinski definition) is 3. The van der Waals surface area contributed by atoms with Crippen LogP contribution in [0, 0.1) is 5.92 Å². The Labute approximate surface area is 195 Å². The average Bonchev–Trinajstić information content (AvgIpc) is 2.85. The van der Waals surface area contributed by atoms with E-state index in [4.69, 9.17) is 0 Å². The van der Waals surface area contributed by atoms with E-state index in [0.29, 0.717) is 12.0 Å². The zero-order chi connectivity index (χ0) is 22.6. The standard InChI is InChI=1S/C29H41N3/c1-24(30-3)14-8-4-5-13-21-31-25(2)26-19-22-32(23-20-26)29(27-15-9-6-10-16-27)28-17-11-7-12-18-28/h6-7,9-12,15-18,26,29-31H,1-2,4-5,8,13-14,19-23H2,3H3. The van der Waals surface area contributed by atoms with Crippen molar-refractivity contribution in [3.05, 3.63) is 96.3 Å². The van der Waals surface area contributed by atoms with Crippen LogP contribution in [0.3, 0.4) is 0 Å². The van der Waals surface area contributed by atoms with Gasteiger partial charge in [0.1, 0.15) is 0 Å². The van der Waals surface area contributed by atoms with Crippen molar-refractivity contribution in [2.45, 2.75) is 51.0 Å². The Morgan fingerprint density at radius 2 is 1.44 bits per heavy atom. The second kappa shape index (κ2) is 13.1. The van der Waals surface area contributed by atoms with E-state index < -0.39 is 0 Å². The Balaban J connectivity index is 1.43. The molecule has 0 unspecified atom stereocenters. The summed E-state index contributed by atoms with van der Waals surface area (Å²) in [5, 5.41) is 6.75. The fourth-order valence-corrected chi connectivity index (χ4v) is 4.73. The third-order valence-electron chi connectivity index (χ3n) is 6.73. The smallest absolute Gasteiger partial charge is 0.0601 e. The van der Waals surface area contributed by atoms with E-state index in [1.807, 2.05) is 7.05 Å². The Kier molecular flexibility index (Phi) is 9.90. The second-order valence-electron chi connectivity index (χ2n) is 9.00. The number of benzene rings is 2. The minimum absolute atomic E-state index is 0.332. The van der Waals surface area contributed by atoms with Gasteiger partial charge in [0.15, 0.2) is 0 Å². The monoisotopic (exact) mass is 431 g/mol. The molecule has 3 nitrogen and oxygen atoms in total. The number of piperidine rings is 1. The van der Waals surface area contributed by atoms with Gasteiger partial charge in [-0.15, -0.1) is 0 Å². The van der Waals surface area contributed by atoms with Crippen molar-refractivity contribution < 1.29 is 0 Å². The molecule has 1 saturated heterocycles. The fraction of sp³-hybridized carbons (Fsp3) is 0.448. The van der Waals surface area contributed by atoms with E-state index in [0.717, 1.165) is 31.8 Å². The Hall–Kier alpha value is -2.52. The lowest BCUT2D eigenvalue weighted by molar-refractivity contribution is 0.160. The lowest BCUT2D eigenvalue weighted by Gasteiger charge is -2.38. The molecule has 3 heteroatoms. The molecule has 0 spiro atoms. The topological polar surface area (TPSA) is 27.3 Å². The van der Waals surface area contributed by atoms with Crippen molar-refractivity contribution in [1.29, 1.82) is 0 Å². The first-order valence-electron chi connectivity index (χ1n) is 12.3. The predicted molar refractivity (Wildman–Crippen MR) is 137 cm³/mol. The summed E-state index contributed by atoms with van der Waals surface area (Å²) in [6, 6.07) is 22.2. The number of nitrogens with zero attached hydrogens (tertiary/aromatic N) is 1. The minimum atomic E-state index is 0.332. The molecular formula is C29H41N3. The molecule has 32 heavy (non-hydrogen) atoms. The lowest BCUT2D eigenvalue weighted by Crippen LogP contribution is -2.39. The highest BCUT2D eigenvalue weighted by Crippen LogP contribution is 2.33. The summed E-state index contributed by atoms with van der Waals surface area (Å²) in [4.78, 5) is 2.65. The summed E-state index contributed by atoms with van der Waals surface area (Å²) in [5.41, 5.74) is 5.15. The third kappa shape index (κ3) is 7.27. The van der Waals surface area contributed by atoms with Crippen LogP contribution in [0.2, 0.25) is 0 Å². The normalized spacial score (nSPS) is 14.9. The SMILES string of the molecule is C=C(CCCCCCNC(=C)C1CCN(C(c2ccccc2)c2ccccc2)CC1)NC. The van der Waals surface area contributed by atoms with Crippen LogP contribution in [0.4, 0.5) is 0 Å². The highest BCUT2D eigenvalue weighted by atomic mass is 15.2. The van der Waals surface area contributed by atoms with Gasteiger partial charge in [-0.1, -0.05) is 86.7 Å². The van der Waals surface area contributed by atoms with E-state index >= 15 is 0 Å². The molecule has 0 saturated carbocycles. The Morgan fingerprint density at radius 3 is 2.00 bits per heavy atom. The van der Waals surface area contributed by atoms with Gasteiger partial charge in [-0.05, 0) is 56.3 Å². The highest BCUT2D eigenvalue weighted by molar-refractivity contribution is 5.32. The van der Waals surface area contributed by atoms with Gasteiger partial charge in [-0.25, -0.2) is 0 Å². The van der Waals surface area contributed by atoms with E-state index in [1.165, 1.54) is 55.3 Å². The van der Waals surface area contributed by atoms with E-state index in [2.05, 4.69) is 89.4 Å². The van der Waals surface area contributed by atoms with Crippen LogP contribution >= 0.6 is 0 Å². The first-order valence-corrected chi connectivity index (χ1v) is 12.3. The maximum atomic E-state index is 4.38. The van der Waals surface area contributed by atoms with Crippen LogP contribution in [0.5, 0.6) is 0 Å². The number of nitrogens with one attached hydrogen (secondary N) is 2. The zero-order valence-electron chi connectivity index (χ0n) is 19.9. The first-order chi connectivity index (χ1) is 15.7. The number of unbranched alkanes of at least 4 members (excludes halogenated alkanes) is 3. The number of hydrogen-bond donors (Lipinski definition) is 2. The maximum absolute atomic E-state index is 4.38. The molecule has 172 valence electrons. The molecule has 2 N–H and O–H groups in total. The molecule has 2 aromatic carbocycles. The summed E-state index contributed by atoms with van der Waals surface area (Å²) in [6.45, 7) is 11.6. The van der Waals surface area contributed by atoms with Gasteiger partial charge in [-0.2, -0.15) is 0 Å². The van der Waals surface area contributed by atoms with Gasteiger partial charge < -0.3 is 10.6 Å². The summed E-state index contributed by atoms with van der Waals surface area (Å²) in [5.74, 6) is 0.581.